The maximum atomic E-state index is 12.4. The maximum Gasteiger partial charge on any atom is 0.328 e. The third-order valence-corrected chi connectivity index (χ3v) is 7.91. The summed E-state index contributed by atoms with van der Waals surface area (Å²) in [5.74, 6) is 0.943. The molecule has 0 saturated carbocycles. The fourth-order valence-corrected chi connectivity index (χ4v) is 5.85. The van der Waals surface area contributed by atoms with Gasteiger partial charge in [0.25, 0.3) is 10.0 Å². The molecule has 0 fully saturated rings. The first kappa shape index (κ1) is 24.9. The van der Waals surface area contributed by atoms with E-state index < -0.39 is 16.1 Å². The lowest BCUT2D eigenvalue weighted by Gasteiger charge is -2.11. The van der Waals surface area contributed by atoms with Gasteiger partial charge in [-0.15, -0.1) is 0 Å². The molecule has 10 heteroatoms. The molecule has 8 nitrogen and oxygen atoms in total. The van der Waals surface area contributed by atoms with Crippen LogP contribution in [0.2, 0.25) is 0 Å². The average molecular weight is 556 g/mol. The van der Waals surface area contributed by atoms with Crippen LogP contribution >= 0.6 is 15.9 Å². The number of amides is 2. The van der Waals surface area contributed by atoms with E-state index in [9.17, 15) is 13.2 Å². The number of imidazole rings is 1. The summed E-state index contributed by atoms with van der Waals surface area (Å²) in [6.07, 6.45) is 1.32. The second-order valence-corrected chi connectivity index (χ2v) is 10.7. The highest BCUT2D eigenvalue weighted by molar-refractivity contribution is 9.10. The van der Waals surface area contributed by atoms with Crippen LogP contribution in [0.4, 0.5) is 4.79 Å². The third kappa shape index (κ3) is 5.38. The molecule has 0 radical (unpaired) electrons. The van der Waals surface area contributed by atoms with Gasteiger partial charge in [-0.3, -0.25) is 4.57 Å². The van der Waals surface area contributed by atoms with Gasteiger partial charge in [0.15, 0.2) is 5.65 Å². The van der Waals surface area contributed by atoms with Gasteiger partial charge in [0.2, 0.25) is 0 Å². The SMILES string of the molecule is CCc1nc2c(C)cc(C)nc2n1-c1ccc(CCNC(=O)NS(=O)(=O)c2ccccc2Br)cc1. The Morgan fingerprint density at radius 1 is 1.06 bits per heavy atom. The molecule has 0 aliphatic rings. The first-order valence-electron chi connectivity index (χ1n) is 11.2. The summed E-state index contributed by atoms with van der Waals surface area (Å²) in [6.45, 7) is 6.38. The highest BCUT2D eigenvalue weighted by Gasteiger charge is 2.20. The lowest BCUT2D eigenvalue weighted by molar-refractivity contribution is 0.246. The van der Waals surface area contributed by atoms with Gasteiger partial charge in [0.1, 0.15) is 16.2 Å². The average Bonchev–Trinajstić information content (AvgIpc) is 3.18. The summed E-state index contributed by atoms with van der Waals surface area (Å²) in [4.78, 5) is 21.7. The second-order valence-electron chi connectivity index (χ2n) is 8.18. The molecule has 0 saturated heterocycles. The number of hydrogen-bond donors (Lipinski definition) is 2. The van der Waals surface area contributed by atoms with Gasteiger partial charge in [-0.05, 0) is 77.7 Å². The fourth-order valence-electron chi connectivity index (χ4n) is 3.92. The molecule has 0 bridgehead atoms. The molecule has 0 aliphatic carbocycles. The predicted octanol–water partition coefficient (Wildman–Crippen LogP) is 4.59. The first-order valence-corrected chi connectivity index (χ1v) is 13.5. The molecule has 35 heavy (non-hydrogen) atoms. The van der Waals surface area contributed by atoms with Gasteiger partial charge in [-0.1, -0.05) is 31.2 Å². The number of hydrogen-bond acceptors (Lipinski definition) is 5. The van der Waals surface area contributed by atoms with E-state index in [2.05, 4.69) is 32.7 Å². The summed E-state index contributed by atoms with van der Waals surface area (Å²) >= 11 is 3.19. The molecule has 4 aromatic rings. The van der Waals surface area contributed by atoms with E-state index in [-0.39, 0.29) is 11.4 Å². The molecule has 2 aromatic carbocycles. The van der Waals surface area contributed by atoms with Crippen LogP contribution in [-0.2, 0) is 22.9 Å². The molecule has 0 atom stereocenters. The molecule has 2 N–H and O–H groups in total. The van der Waals surface area contributed by atoms with Gasteiger partial charge < -0.3 is 5.32 Å². The summed E-state index contributed by atoms with van der Waals surface area (Å²) in [5, 5.41) is 2.60. The Bertz CT molecular complexity index is 1500. The highest BCUT2D eigenvalue weighted by atomic mass is 79.9. The Hall–Kier alpha value is -3.24. The second kappa shape index (κ2) is 10.2. The van der Waals surface area contributed by atoms with Crippen LogP contribution in [0.15, 0.2) is 64.0 Å². The number of carbonyl (C=O) groups is 1. The molecule has 2 aromatic heterocycles. The van der Waals surface area contributed by atoms with E-state index in [1.54, 1.807) is 18.2 Å². The number of pyridine rings is 1. The van der Waals surface area contributed by atoms with Crippen LogP contribution in [0, 0.1) is 13.8 Å². The number of sulfonamides is 1. The van der Waals surface area contributed by atoms with Crippen molar-refractivity contribution in [1.29, 1.82) is 0 Å². The van der Waals surface area contributed by atoms with Crippen LogP contribution in [0.25, 0.3) is 16.9 Å². The minimum Gasteiger partial charge on any atom is -0.337 e. The van der Waals surface area contributed by atoms with Gasteiger partial charge >= 0.3 is 6.03 Å². The van der Waals surface area contributed by atoms with Crippen molar-refractivity contribution in [2.24, 2.45) is 0 Å². The predicted molar refractivity (Wildman–Crippen MR) is 139 cm³/mol. The van der Waals surface area contributed by atoms with Crippen molar-refractivity contribution in [3.63, 3.8) is 0 Å². The largest absolute Gasteiger partial charge is 0.337 e. The van der Waals surface area contributed by atoms with E-state index in [0.29, 0.717) is 10.9 Å². The quantitative estimate of drug-likeness (QED) is 0.346. The van der Waals surface area contributed by atoms with Gasteiger partial charge in [-0.2, -0.15) is 0 Å². The van der Waals surface area contributed by atoms with Crippen molar-refractivity contribution in [1.82, 2.24) is 24.6 Å². The summed E-state index contributed by atoms with van der Waals surface area (Å²) < 4.78 is 29.3. The minimum absolute atomic E-state index is 0.00379. The fraction of sp³-hybridized carbons (Fsp3) is 0.240. The lowest BCUT2D eigenvalue weighted by Crippen LogP contribution is -2.40. The maximum absolute atomic E-state index is 12.4. The van der Waals surface area contributed by atoms with Gasteiger partial charge in [0.05, 0.1) is 0 Å². The number of rotatable bonds is 7. The molecule has 0 aliphatic heterocycles. The molecule has 0 spiro atoms. The topological polar surface area (TPSA) is 106 Å². The first-order chi connectivity index (χ1) is 16.7. The van der Waals surface area contributed by atoms with E-state index >= 15 is 0 Å². The third-order valence-electron chi connectivity index (χ3n) is 5.57. The normalized spacial score (nSPS) is 11.5. The number of aryl methyl sites for hydroxylation is 3. The zero-order chi connectivity index (χ0) is 25.2. The number of aromatic nitrogens is 3. The van der Waals surface area contributed by atoms with Crippen molar-refractivity contribution < 1.29 is 13.2 Å². The van der Waals surface area contributed by atoms with Crippen molar-refractivity contribution in [3.05, 3.63) is 81.7 Å². The Balaban J connectivity index is 1.42. The zero-order valence-electron chi connectivity index (χ0n) is 19.7. The Morgan fingerprint density at radius 3 is 2.46 bits per heavy atom. The number of nitrogens with one attached hydrogen (secondary N) is 2. The van der Waals surface area contributed by atoms with Crippen molar-refractivity contribution in [2.45, 2.75) is 38.5 Å². The molecular formula is C25H26BrN5O3S. The van der Waals surface area contributed by atoms with E-state index in [0.717, 1.165) is 45.9 Å². The molecular weight excluding hydrogens is 530 g/mol. The lowest BCUT2D eigenvalue weighted by atomic mass is 10.1. The van der Waals surface area contributed by atoms with Crippen molar-refractivity contribution >= 4 is 43.1 Å². The van der Waals surface area contributed by atoms with Gasteiger partial charge in [0, 0.05) is 28.8 Å². The number of carbonyl (C=O) groups excluding carboxylic acids is 1. The number of halogens is 1. The Morgan fingerprint density at radius 2 is 1.77 bits per heavy atom. The van der Waals surface area contributed by atoms with Gasteiger partial charge in [-0.25, -0.2) is 27.9 Å². The molecule has 182 valence electrons. The summed E-state index contributed by atoms with van der Waals surface area (Å²) in [6, 6.07) is 15.6. The smallest absolute Gasteiger partial charge is 0.328 e. The van der Waals surface area contributed by atoms with Crippen LogP contribution in [0.5, 0.6) is 0 Å². The van der Waals surface area contributed by atoms with Crippen LogP contribution in [-0.4, -0.2) is 35.5 Å². The van der Waals surface area contributed by atoms with E-state index in [4.69, 9.17) is 9.97 Å². The molecule has 2 amide bonds. The highest BCUT2D eigenvalue weighted by Crippen LogP contribution is 2.24. The van der Waals surface area contributed by atoms with Crippen molar-refractivity contribution in [3.8, 4) is 5.69 Å². The number of urea groups is 1. The van der Waals surface area contributed by atoms with Crippen LogP contribution < -0.4 is 10.0 Å². The van der Waals surface area contributed by atoms with Crippen LogP contribution in [0.3, 0.4) is 0 Å². The summed E-state index contributed by atoms with van der Waals surface area (Å²) in [7, 11) is -3.97. The standard InChI is InChI=1S/C25H26BrN5O3S/c1-4-22-29-23-16(2)15-17(3)28-24(23)31(22)19-11-9-18(10-12-19)13-14-27-25(32)30-35(33,34)21-8-6-5-7-20(21)26/h5-12,15H,4,13-14H2,1-3H3,(H2,27,30,32). The van der Waals surface area contributed by atoms with Crippen LogP contribution in [0.1, 0.15) is 29.6 Å². The van der Waals surface area contributed by atoms with E-state index in [1.165, 1.54) is 6.07 Å². The molecule has 4 rings (SSSR count). The van der Waals surface area contributed by atoms with Crippen molar-refractivity contribution in [2.75, 3.05) is 6.54 Å². The van der Waals surface area contributed by atoms with E-state index in [1.807, 2.05) is 48.9 Å². The summed E-state index contributed by atoms with van der Waals surface area (Å²) in [5.41, 5.74) is 5.77. The number of benzene rings is 2. The zero-order valence-corrected chi connectivity index (χ0v) is 22.1. The Kier molecular flexibility index (Phi) is 7.23. The number of fused-ring (bicyclic) bond motifs is 1. The molecule has 0 unspecified atom stereocenters. The Labute approximate surface area is 213 Å². The monoisotopic (exact) mass is 555 g/mol. The number of nitrogens with zero attached hydrogens (tertiary/aromatic N) is 3. The minimum atomic E-state index is -3.97. The molecule has 2 heterocycles.